The zero-order chi connectivity index (χ0) is 33.0. The van der Waals surface area contributed by atoms with Crippen LogP contribution in [0.1, 0.15) is 118 Å². The Hall–Kier alpha value is -3.85. The van der Waals surface area contributed by atoms with Gasteiger partial charge in [-0.2, -0.15) is 18.4 Å². The molecule has 0 radical (unpaired) electrons. The van der Waals surface area contributed by atoms with E-state index in [9.17, 15) is 18.3 Å². The predicted octanol–water partition coefficient (Wildman–Crippen LogP) is 8.98. The van der Waals surface area contributed by atoms with Gasteiger partial charge in [-0.05, 0) is 42.8 Å². The number of carbonyl (C=O) groups is 1. The number of hydrogen-bond acceptors (Lipinski definition) is 6. The normalized spacial score (nSPS) is 11.7. The van der Waals surface area contributed by atoms with Crippen LogP contribution in [0.4, 0.5) is 0 Å². The molecule has 0 aliphatic rings. The molecule has 2 N–H and O–H groups in total. The lowest BCUT2D eigenvalue weighted by Crippen LogP contribution is -2.21. The summed E-state index contributed by atoms with van der Waals surface area (Å²) in [5.41, 5.74) is 1.54. The lowest BCUT2D eigenvalue weighted by atomic mass is 10.0. The maximum absolute atomic E-state index is 13.0. The van der Waals surface area contributed by atoms with E-state index in [1.807, 2.05) is 36.4 Å². The molecular formula is C37H50N2O6S. The number of aromatic carboxylic acids is 1. The summed E-state index contributed by atoms with van der Waals surface area (Å²) in [6, 6.07) is 19.7. The Morgan fingerprint density at radius 3 is 1.87 bits per heavy atom. The molecule has 8 nitrogen and oxygen atoms in total. The van der Waals surface area contributed by atoms with Crippen LogP contribution < -0.4 is 14.3 Å². The van der Waals surface area contributed by atoms with E-state index in [0.717, 1.165) is 18.9 Å². The Morgan fingerprint density at radius 1 is 0.696 bits per heavy atom. The van der Waals surface area contributed by atoms with Gasteiger partial charge < -0.3 is 14.6 Å². The maximum Gasteiger partial charge on any atom is 0.335 e. The molecule has 46 heavy (non-hydrogen) atoms. The van der Waals surface area contributed by atoms with Crippen molar-refractivity contribution in [1.29, 1.82) is 0 Å². The molecule has 0 aromatic heterocycles. The van der Waals surface area contributed by atoms with Crippen LogP contribution in [0, 0.1) is 0 Å². The van der Waals surface area contributed by atoms with Crippen molar-refractivity contribution in [2.45, 2.75) is 102 Å². The van der Waals surface area contributed by atoms with Crippen LogP contribution in [0.3, 0.4) is 0 Å². The molecule has 0 aliphatic heterocycles. The average Bonchev–Trinajstić information content (AvgIpc) is 3.07. The van der Waals surface area contributed by atoms with Crippen molar-refractivity contribution < 1.29 is 27.8 Å². The standard InChI is InChI=1S/C37H50N2O6S/c1-3-4-5-6-7-8-9-10-11-12-13-14-15-19-27-45-34-26-25-31(29-35(34)44-2)36(30-21-17-16-18-22-30)38-39-46(42,43)33-24-20-23-32(28-33)37(40)41/h16-18,20-26,28-29,39H,3-15,19,27H2,1-2H3,(H,40,41)/b38-36-. The van der Waals surface area contributed by atoms with Gasteiger partial charge in [0, 0.05) is 11.1 Å². The molecule has 0 aliphatic carbocycles. The molecule has 250 valence electrons. The number of sulfonamides is 1. The van der Waals surface area contributed by atoms with Gasteiger partial charge in [-0.3, -0.25) is 0 Å². The Labute approximate surface area is 275 Å². The number of hydrazone groups is 1. The van der Waals surface area contributed by atoms with Crippen molar-refractivity contribution in [1.82, 2.24) is 4.83 Å². The van der Waals surface area contributed by atoms with Crippen molar-refractivity contribution >= 4 is 21.7 Å². The largest absolute Gasteiger partial charge is 0.493 e. The van der Waals surface area contributed by atoms with Crippen LogP contribution in [-0.2, 0) is 10.0 Å². The maximum atomic E-state index is 13.0. The summed E-state index contributed by atoms with van der Waals surface area (Å²) < 4.78 is 37.7. The number of methoxy groups -OCH3 is 1. The highest BCUT2D eigenvalue weighted by Gasteiger charge is 2.18. The number of nitrogens with zero attached hydrogens (tertiary/aromatic N) is 1. The number of carboxylic acids is 1. The molecule has 0 bridgehead atoms. The van der Waals surface area contributed by atoms with Crippen LogP contribution in [0.15, 0.2) is 82.8 Å². The number of hydrogen-bond donors (Lipinski definition) is 2. The molecule has 0 atom stereocenters. The zero-order valence-electron chi connectivity index (χ0n) is 27.4. The first-order valence-electron chi connectivity index (χ1n) is 16.6. The summed E-state index contributed by atoms with van der Waals surface area (Å²) in [4.78, 5) is 13.4. The van der Waals surface area contributed by atoms with E-state index in [0.29, 0.717) is 34.9 Å². The van der Waals surface area contributed by atoms with Gasteiger partial charge in [-0.25, -0.2) is 4.79 Å². The fourth-order valence-corrected chi connectivity index (χ4v) is 6.12. The third kappa shape index (κ3) is 12.5. The minimum Gasteiger partial charge on any atom is -0.493 e. The smallest absolute Gasteiger partial charge is 0.335 e. The third-order valence-corrected chi connectivity index (χ3v) is 9.11. The van der Waals surface area contributed by atoms with Crippen molar-refractivity contribution in [2.24, 2.45) is 5.10 Å². The van der Waals surface area contributed by atoms with E-state index in [1.165, 1.54) is 95.2 Å². The van der Waals surface area contributed by atoms with Crippen LogP contribution in [0.2, 0.25) is 0 Å². The fraction of sp³-hybridized carbons (Fsp3) is 0.459. The SMILES string of the molecule is CCCCCCCCCCCCCCCCOc1ccc(/C(=N\NS(=O)(=O)c2cccc(C(=O)O)c2)c2ccccc2)cc1OC. The van der Waals surface area contributed by atoms with Crippen molar-refractivity contribution in [3.05, 3.63) is 89.5 Å². The molecule has 3 rings (SSSR count). The van der Waals surface area contributed by atoms with Gasteiger partial charge in [0.2, 0.25) is 0 Å². The second-order valence-corrected chi connectivity index (χ2v) is 13.2. The molecule has 0 amide bonds. The number of rotatable bonds is 23. The summed E-state index contributed by atoms with van der Waals surface area (Å²) in [5, 5.41) is 13.5. The molecular weight excluding hydrogens is 600 g/mol. The Balaban J connectivity index is 1.53. The van der Waals surface area contributed by atoms with Gasteiger partial charge in [-0.1, -0.05) is 127 Å². The zero-order valence-corrected chi connectivity index (χ0v) is 28.2. The summed E-state index contributed by atoms with van der Waals surface area (Å²) in [7, 11) is -2.58. The number of carboxylic acid groups (broad SMARTS) is 1. The monoisotopic (exact) mass is 650 g/mol. The van der Waals surface area contributed by atoms with Crippen LogP contribution in [0.5, 0.6) is 11.5 Å². The highest BCUT2D eigenvalue weighted by atomic mass is 32.2. The highest BCUT2D eigenvalue weighted by Crippen LogP contribution is 2.30. The number of nitrogens with one attached hydrogen (secondary N) is 1. The van der Waals surface area contributed by atoms with Gasteiger partial charge in [-0.15, -0.1) is 0 Å². The third-order valence-electron chi connectivity index (χ3n) is 7.91. The van der Waals surface area contributed by atoms with E-state index < -0.39 is 16.0 Å². The number of benzene rings is 3. The van der Waals surface area contributed by atoms with Gasteiger partial charge in [0.25, 0.3) is 10.0 Å². The Bertz CT molecular complexity index is 1470. The van der Waals surface area contributed by atoms with Gasteiger partial charge in [0.05, 0.1) is 29.9 Å². The van der Waals surface area contributed by atoms with Crippen LogP contribution in [0.25, 0.3) is 0 Å². The minimum absolute atomic E-state index is 0.135. The fourth-order valence-electron chi connectivity index (χ4n) is 5.26. The second-order valence-electron chi connectivity index (χ2n) is 11.6. The molecule has 0 saturated heterocycles. The first kappa shape index (κ1) is 36.6. The average molecular weight is 651 g/mol. The molecule has 0 saturated carbocycles. The van der Waals surface area contributed by atoms with E-state index in [-0.39, 0.29) is 10.5 Å². The first-order valence-corrected chi connectivity index (χ1v) is 18.1. The summed E-state index contributed by atoms with van der Waals surface area (Å²) in [5.74, 6) is -0.0905. The quantitative estimate of drug-likeness (QED) is 0.0602. The summed E-state index contributed by atoms with van der Waals surface area (Å²) in [6.07, 6.45) is 18.2. The van der Waals surface area contributed by atoms with Gasteiger partial charge >= 0.3 is 5.97 Å². The molecule has 9 heteroatoms. The van der Waals surface area contributed by atoms with Gasteiger partial charge in [0.15, 0.2) is 11.5 Å². The van der Waals surface area contributed by atoms with Crippen molar-refractivity contribution in [3.8, 4) is 11.5 Å². The van der Waals surface area contributed by atoms with Crippen LogP contribution >= 0.6 is 0 Å². The lowest BCUT2D eigenvalue weighted by molar-refractivity contribution is 0.0696. The minimum atomic E-state index is -4.14. The predicted molar refractivity (Wildman–Crippen MR) is 185 cm³/mol. The molecule has 3 aromatic carbocycles. The van der Waals surface area contributed by atoms with E-state index in [4.69, 9.17) is 9.47 Å². The number of unbranched alkanes of at least 4 members (excludes halogenated alkanes) is 13. The molecule has 0 unspecified atom stereocenters. The topological polar surface area (TPSA) is 114 Å². The molecule has 3 aromatic rings. The summed E-state index contributed by atoms with van der Waals surface area (Å²) >= 11 is 0. The molecule has 0 fully saturated rings. The van der Waals surface area contributed by atoms with Gasteiger partial charge in [0.1, 0.15) is 0 Å². The van der Waals surface area contributed by atoms with Crippen molar-refractivity contribution in [3.63, 3.8) is 0 Å². The first-order chi connectivity index (χ1) is 22.4. The molecule has 0 heterocycles. The van der Waals surface area contributed by atoms with Crippen molar-refractivity contribution in [2.75, 3.05) is 13.7 Å². The Kier molecular flexibility index (Phi) is 16.2. The highest BCUT2D eigenvalue weighted by molar-refractivity contribution is 7.89. The molecule has 0 spiro atoms. The Morgan fingerprint density at radius 2 is 1.28 bits per heavy atom. The van der Waals surface area contributed by atoms with E-state index >= 15 is 0 Å². The van der Waals surface area contributed by atoms with Crippen LogP contribution in [-0.4, -0.2) is 38.9 Å². The second kappa shape index (κ2) is 20.3. The van der Waals surface area contributed by atoms with E-state index in [2.05, 4.69) is 16.9 Å². The number of ether oxygens (including phenoxy) is 2. The lowest BCUT2D eigenvalue weighted by Gasteiger charge is -2.14. The van der Waals surface area contributed by atoms with E-state index in [1.54, 1.807) is 19.2 Å². The summed E-state index contributed by atoms with van der Waals surface area (Å²) in [6.45, 7) is 2.85.